The molecule has 0 atom stereocenters. The molecule has 2 amide bonds. The fourth-order valence-corrected chi connectivity index (χ4v) is 2.55. The monoisotopic (exact) mass is 359 g/mol. The molecule has 1 heterocycles. The highest BCUT2D eigenvalue weighted by Crippen LogP contribution is 2.09. The number of carbonyl (C=O) groups excluding carboxylic acids is 2. The minimum atomic E-state index is -0.143. The minimum Gasteiger partial charge on any atom is -0.353 e. The summed E-state index contributed by atoms with van der Waals surface area (Å²) < 4.78 is 0. The van der Waals surface area contributed by atoms with E-state index in [-0.39, 0.29) is 30.3 Å². The first kappa shape index (κ1) is 19.7. The largest absolute Gasteiger partial charge is 0.353 e. The van der Waals surface area contributed by atoms with Crippen molar-refractivity contribution in [1.82, 2.24) is 16.0 Å². The highest BCUT2D eigenvalue weighted by atomic mass is 35.5. The first-order valence-electron chi connectivity index (χ1n) is 7.69. The summed E-state index contributed by atoms with van der Waals surface area (Å²) in [5, 5.41) is 9.71. The van der Waals surface area contributed by atoms with Crippen molar-refractivity contribution < 1.29 is 9.59 Å². The van der Waals surface area contributed by atoms with Crippen LogP contribution in [-0.2, 0) is 4.79 Å². The highest BCUT2D eigenvalue weighted by molar-refractivity contribution is 6.30. The topological polar surface area (TPSA) is 70.2 Å². The Labute approximate surface area is 148 Å². The summed E-state index contributed by atoms with van der Waals surface area (Å²) in [6.07, 6.45) is 3.04. The van der Waals surface area contributed by atoms with E-state index in [2.05, 4.69) is 16.0 Å². The molecule has 1 aliphatic heterocycles. The number of rotatable bonds is 6. The average Bonchev–Trinajstić information content (AvgIpc) is 2.53. The first-order chi connectivity index (χ1) is 10.6. The molecule has 0 saturated carbocycles. The molecule has 5 nitrogen and oxygen atoms in total. The number of benzene rings is 1. The van der Waals surface area contributed by atoms with Gasteiger partial charge in [0.05, 0.1) is 0 Å². The number of carbonyl (C=O) groups is 2. The molecule has 1 saturated heterocycles. The molecule has 1 fully saturated rings. The zero-order valence-electron chi connectivity index (χ0n) is 12.9. The second-order valence-corrected chi connectivity index (χ2v) is 5.89. The summed E-state index contributed by atoms with van der Waals surface area (Å²) in [5.41, 5.74) is 0.573. The smallest absolute Gasteiger partial charge is 0.251 e. The average molecular weight is 360 g/mol. The van der Waals surface area contributed by atoms with E-state index in [4.69, 9.17) is 11.6 Å². The number of piperidine rings is 1. The van der Waals surface area contributed by atoms with Crippen LogP contribution in [0.5, 0.6) is 0 Å². The van der Waals surface area contributed by atoms with Crippen LogP contribution in [0, 0.1) is 0 Å². The van der Waals surface area contributed by atoms with Crippen molar-refractivity contribution in [2.24, 2.45) is 0 Å². The Bertz CT molecular complexity index is 503. The third-order valence-electron chi connectivity index (χ3n) is 3.68. The Balaban J connectivity index is 0.00000264. The van der Waals surface area contributed by atoms with Gasteiger partial charge in [0, 0.05) is 29.6 Å². The molecule has 1 aliphatic rings. The van der Waals surface area contributed by atoms with Crippen LogP contribution in [0.3, 0.4) is 0 Å². The lowest BCUT2D eigenvalue weighted by Gasteiger charge is -2.23. The SMILES string of the molecule is Cl.O=C(CCCNC(=O)c1ccc(Cl)cc1)NC1CCNCC1. The molecule has 0 bridgehead atoms. The molecule has 0 aromatic heterocycles. The van der Waals surface area contributed by atoms with Crippen molar-refractivity contribution in [2.75, 3.05) is 19.6 Å². The van der Waals surface area contributed by atoms with Crippen LogP contribution < -0.4 is 16.0 Å². The predicted molar refractivity (Wildman–Crippen MR) is 94.3 cm³/mol. The van der Waals surface area contributed by atoms with Gasteiger partial charge < -0.3 is 16.0 Å². The van der Waals surface area contributed by atoms with E-state index in [1.807, 2.05) is 0 Å². The summed E-state index contributed by atoms with van der Waals surface area (Å²) >= 11 is 5.78. The Morgan fingerprint density at radius 3 is 2.48 bits per heavy atom. The highest BCUT2D eigenvalue weighted by Gasteiger charge is 2.14. The van der Waals surface area contributed by atoms with Crippen LogP contribution in [0.1, 0.15) is 36.0 Å². The molecule has 23 heavy (non-hydrogen) atoms. The number of halogens is 2. The van der Waals surface area contributed by atoms with Crippen LogP contribution >= 0.6 is 24.0 Å². The van der Waals surface area contributed by atoms with Gasteiger partial charge in [0.1, 0.15) is 0 Å². The Kier molecular flexibility index (Phi) is 8.99. The van der Waals surface area contributed by atoms with Crippen LogP contribution in [0.2, 0.25) is 5.02 Å². The number of amides is 2. The Morgan fingerprint density at radius 2 is 1.83 bits per heavy atom. The predicted octanol–water partition coefficient (Wildman–Crippen LogP) is 2.14. The van der Waals surface area contributed by atoms with Crippen LogP contribution in [0.25, 0.3) is 0 Å². The fraction of sp³-hybridized carbons (Fsp3) is 0.500. The van der Waals surface area contributed by atoms with Crippen molar-refractivity contribution in [1.29, 1.82) is 0 Å². The summed E-state index contributed by atoms with van der Waals surface area (Å²) in [6.45, 7) is 2.41. The summed E-state index contributed by atoms with van der Waals surface area (Å²) in [4.78, 5) is 23.7. The molecule has 7 heteroatoms. The van der Waals surface area contributed by atoms with Crippen LogP contribution in [-0.4, -0.2) is 37.5 Å². The molecule has 3 N–H and O–H groups in total. The van der Waals surface area contributed by atoms with Gasteiger partial charge in [-0.25, -0.2) is 0 Å². The lowest BCUT2D eigenvalue weighted by atomic mass is 10.1. The Morgan fingerprint density at radius 1 is 1.17 bits per heavy atom. The van der Waals surface area contributed by atoms with Crippen molar-refractivity contribution in [3.8, 4) is 0 Å². The van der Waals surface area contributed by atoms with Crippen molar-refractivity contribution >= 4 is 35.8 Å². The van der Waals surface area contributed by atoms with Crippen molar-refractivity contribution in [3.63, 3.8) is 0 Å². The Hall–Kier alpha value is -1.30. The van der Waals surface area contributed by atoms with E-state index in [9.17, 15) is 9.59 Å². The van der Waals surface area contributed by atoms with E-state index >= 15 is 0 Å². The lowest BCUT2D eigenvalue weighted by Crippen LogP contribution is -2.42. The molecule has 2 rings (SSSR count). The van der Waals surface area contributed by atoms with Gasteiger partial charge in [-0.05, 0) is 56.6 Å². The van der Waals surface area contributed by atoms with Gasteiger partial charge in [-0.1, -0.05) is 11.6 Å². The maximum absolute atomic E-state index is 11.9. The van der Waals surface area contributed by atoms with Gasteiger partial charge in [0.25, 0.3) is 5.91 Å². The second kappa shape index (κ2) is 10.5. The van der Waals surface area contributed by atoms with E-state index in [1.54, 1.807) is 24.3 Å². The normalized spacial score (nSPS) is 14.7. The number of hydrogen-bond donors (Lipinski definition) is 3. The fourth-order valence-electron chi connectivity index (χ4n) is 2.42. The molecular weight excluding hydrogens is 337 g/mol. The van der Waals surface area contributed by atoms with Crippen LogP contribution in [0.15, 0.2) is 24.3 Å². The van der Waals surface area contributed by atoms with Gasteiger partial charge in [-0.15, -0.1) is 12.4 Å². The molecular formula is C16H23Cl2N3O2. The molecule has 0 unspecified atom stereocenters. The van der Waals surface area contributed by atoms with E-state index in [0.717, 1.165) is 25.9 Å². The first-order valence-corrected chi connectivity index (χ1v) is 8.07. The number of nitrogens with one attached hydrogen (secondary N) is 3. The summed E-state index contributed by atoms with van der Waals surface area (Å²) in [5.74, 6) is -0.0805. The molecule has 0 radical (unpaired) electrons. The van der Waals surface area contributed by atoms with Crippen molar-refractivity contribution in [2.45, 2.75) is 31.7 Å². The van der Waals surface area contributed by atoms with Gasteiger partial charge in [-0.2, -0.15) is 0 Å². The summed E-state index contributed by atoms with van der Waals surface area (Å²) in [7, 11) is 0. The second-order valence-electron chi connectivity index (χ2n) is 5.46. The quantitative estimate of drug-likeness (QED) is 0.681. The minimum absolute atomic E-state index is 0. The van der Waals surface area contributed by atoms with Gasteiger partial charge in [0.2, 0.25) is 5.91 Å². The van der Waals surface area contributed by atoms with E-state index in [1.165, 1.54) is 0 Å². The van der Waals surface area contributed by atoms with Gasteiger partial charge in [0.15, 0.2) is 0 Å². The third-order valence-corrected chi connectivity index (χ3v) is 3.93. The van der Waals surface area contributed by atoms with Crippen molar-refractivity contribution in [3.05, 3.63) is 34.9 Å². The van der Waals surface area contributed by atoms with E-state index in [0.29, 0.717) is 30.0 Å². The summed E-state index contributed by atoms with van der Waals surface area (Å²) in [6, 6.07) is 7.02. The molecule has 0 aliphatic carbocycles. The third kappa shape index (κ3) is 7.20. The molecule has 1 aromatic carbocycles. The maximum atomic E-state index is 11.9. The van der Waals surface area contributed by atoms with Gasteiger partial charge in [-0.3, -0.25) is 9.59 Å². The zero-order valence-corrected chi connectivity index (χ0v) is 14.5. The molecule has 1 aromatic rings. The molecule has 0 spiro atoms. The molecule has 128 valence electrons. The maximum Gasteiger partial charge on any atom is 0.251 e. The van der Waals surface area contributed by atoms with Crippen LogP contribution in [0.4, 0.5) is 0 Å². The van der Waals surface area contributed by atoms with Gasteiger partial charge >= 0.3 is 0 Å². The standard InChI is InChI=1S/C16H22ClN3O2.ClH/c17-13-5-3-12(4-6-13)16(22)19-9-1-2-15(21)20-14-7-10-18-11-8-14;/h3-6,14,18H,1-2,7-11H2,(H,19,22)(H,20,21);1H. The number of hydrogen-bond acceptors (Lipinski definition) is 3. The lowest BCUT2D eigenvalue weighted by molar-refractivity contribution is -0.122. The van der Waals surface area contributed by atoms with E-state index < -0.39 is 0 Å². The zero-order chi connectivity index (χ0) is 15.8.